The summed E-state index contributed by atoms with van der Waals surface area (Å²) in [5.41, 5.74) is 2.70. The van der Waals surface area contributed by atoms with E-state index in [1.807, 2.05) is 24.3 Å². The number of halogens is 1. The molecule has 1 heterocycles. The lowest BCUT2D eigenvalue weighted by atomic mass is 9.87. The van der Waals surface area contributed by atoms with Gasteiger partial charge in [-0.15, -0.1) is 0 Å². The van der Waals surface area contributed by atoms with E-state index in [0.29, 0.717) is 13.2 Å². The number of β-amino-alcohol motifs (C(OH)–C–C–N with tert-alkyl or cyclic N) is 1. The van der Waals surface area contributed by atoms with Crippen LogP contribution in [0.25, 0.3) is 0 Å². The number of benzene rings is 2. The van der Waals surface area contributed by atoms with Gasteiger partial charge in [0.1, 0.15) is 18.5 Å². The molecular formula is C24H33ClN2O2. The highest BCUT2D eigenvalue weighted by Crippen LogP contribution is 2.24. The average molecular weight is 417 g/mol. The minimum Gasteiger partial charge on any atom is -0.491 e. The molecule has 1 N–H and O–H groups in total. The lowest BCUT2D eigenvalue weighted by Crippen LogP contribution is -2.48. The summed E-state index contributed by atoms with van der Waals surface area (Å²) >= 11 is 5.96. The van der Waals surface area contributed by atoms with Crippen LogP contribution in [0.5, 0.6) is 5.75 Å². The Balaban J connectivity index is 1.37. The van der Waals surface area contributed by atoms with Crippen LogP contribution in [0, 0.1) is 0 Å². The summed E-state index contributed by atoms with van der Waals surface area (Å²) in [6, 6.07) is 16.2. The van der Waals surface area contributed by atoms with Crippen LogP contribution in [-0.4, -0.2) is 60.3 Å². The summed E-state index contributed by atoms with van der Waals surface area (Å²) in [6.45, 7) is 12.4. The normalized spacial score (nSPS) is 17.3. The second-order valence-corrected chi connectivity index (χ2v) is 9.38. The smallest absolute Gasteiger partial charge is 0.119 e. The van der Waals surface area contributed by atoms with Gasteiger partial charge in [0.2, 0.25) is 0 Å². The standard InChI is InChI=1S/C24H33ClN2O2/c1-24(2,3)20-6-10-23(11-7-20)29-18-22(28)17-27-14-12-26(13-15-27)16-19-4-8-21(25)9-5-19/h4-11,22,28H,12-18H2,1-3H3. The van der Waals surface area contributed by atoms with Crippen LogP contribution < -0.4 is 4.74 Å². The van der Waals surface area contributed by atoms with Gasteiger partial charge in [-0.05, 0) is 40.8 Å². The average Bonchev–Trinajstić information content (AvgIpc) is 2.69. The van der Waals surface area contributed by atoms with E-state index in [9.17, 15) is 5.11 Å². The summed E-state index contributed by atoms with van der Waals surface area (Å²) in [5, 5.41) is 11.2. The maximum atomic E-state index is 10.4. The van der Waals surface area contributed by atoms with Gasteiger partial charge in [-0.25, -0.2) is 0 Å². The SMILES string of the molecule is CC(C)(C)c1ccc(OCC(O)CN2CCN(Cc3ccc(Cl)cc3)CC2)cc1. The molecule has 0 saturated carbocycles. The first-order valence-electron chi connectivity index (χ1n) is 10.4. The third-order valence-corrected chi connectivity index (χ3v) is 5.67. The van der Waals surface area contributed by atoms with Gasteiger partial charge in [0.25, 0.3) is 0 Å². The highest BCUT2D eigenvalue weighted by Gasteiger charge is 2.20. The van der Waals surface area contributed by atoms with E-state index < -0.39 is 6.10 Å². The summed E-state index contributed by atoms with van der Waals surface area (Å²) in [4.78, 5) is 4.76. The first-order chi connectivity index (χ1) is 13.8. The number of aliphatic hydroxyl groups is 1. The quantitative estimate of drug-likeness (QED) is 0.733. The number of aliphatic hydroxyl groups excluding tert-OH is 1. The molecule has 2 aromatic carbocycles. The fourth-order valence-corrected chi connectivity index (χ4v) is 3.70. The van der Waals surface area contributed by atoms with Crippen molar-refractivity contribution in [3.8, 4) is 5.75 Å². The van der Waals surface area contributed by atoms with Crippen molar-refractivity contribution >= 4 is 11.6 Å². The Morgan fingerprint density at radius 3 is 2.10 bits per heavy atom. The highest BCUT2D eigenvalue weighted by molar-refractivity contribution is 6.30. The zero-order valence-electron chi connectivity index (χ0n) is 17.8. The third kappa shape index (κ3) is 7.00. The molecule has 0 spiro atoms. The lowest BCUT2D eigenvalue weighted by Gasteiger charge is -2.35. The Morgan fingerprint density at radius 1 is 0.931 bits per heavy atom. The molecule has 1 aliphatic heterocycles. The van der Waals surface area contributed by atoms with Gasteiger partial charge in [-0.3, -0.25) is 9.80 Å². The van der Waals surface area contributed by atoms with Crippen LogP contribution in [0.2, 0.25) is 5.02 Å². The highest BCUT2D eigenvalue weighted by atomic mass is 35.5. The minimum absolute atomic E-state index is 0.133. The summed E-state index contributed by atoms with van der Waals surface area (Å²) in [7, 11) is 0. The number of rotatable bonds is 7. The van der Waals surface area contributed by atoms with E-state index in [4.69, 9.17) is 16.3 Å². The van der Waals surface area contributed by atoms with Gasteiger partial charge in [0.05, 0.1) is 0 Å². The van der Waals surface area contributed by atoms with Crippen molar-refractivity contribution in [3.05, 3.63) is 64.7 Å². The van der Waals surface area contributed by atoms with Gasteiger partial charge in [0.15, 0.2) is 0 Å². The molecule has 158 valence electrons. The Hall–Kier alpha value is -1.59. The predicted octanol–water partition coefficient (Wildman–Crippen LogP) is 4.20. The monoisotopic (exact) mass is 416 g/mol. The van der Waals surface area contributed by atoms with E-state index in [0.717, 1.165) is 43.5 Å². The van der Waals surface area contributed by atoms with Crippen molar-refractivity contribution in [2.24, 2.45) is 0 Å². The van der Waals surface area contributed by atoms with Gasteiger partial charge in [0, 0.05) is 44.3 Å². The molecular weight excluding hydrogens is 384 g/mol. The maximum Gasteiger partial charge on any atom is 0.119 e. The molecule has 4 nitrogen and oxygen atoms in total. The van der Waals surface area contributed by atoms with Crippen molar-refractivity contribution in [3.63, 3.8) is 0 Å². The molecule has 29 heavy (non-hydrogen) atoms. The van der Waals surface area contributed by atoms with Crippen molar-refractivity contribution in [2.45, 2.75) is 38.8 Å². The lowest BCUT2D eigenvalue weighted by molar-refractivity contribution is 0.0446. The molecule has 0 bridgehead atoms. The van der Waals surface area contributed by atoms with Crippen LogP contribution in [0.4, 0.5) is 0 Å². The molecule has 0 aliphatic carbocycles. The first-order valence-corrected chi connectivity index (χ1v) is 10.8. The fraction of sp³-hybridized carbons (Fsp3) is 0.500. The van der Waals surface area contributed by atoms with Gasteiger partial charge < -0.3 is 9.84 Å². The Kier molecular flexibility index (Phi) is 7.58. The van der Waals surface area contributed by atoms with E-state index in [1.165, 1.54) is 11.1 Å². The summed E-state index contributed by atoms with van der Waals surface area (Å²) < 4.78 is 5.79. The van der Waals surface area contributed by atoms with E-state index in [1.54, 1.807) is 0 Å². The van der Waals surface area contributed by atoms with E-state index in [-0.39, 0.29) is 5.41 Å². The number of ether oxygens (including phenoxy) is 1. The number of hydrogen-bond acceptors (Lipinski definition) is 4. The molecule has 0 aromatic heterocycles. The molecule has 0 radical (unpaired) electrons. The zero-order chi connectivity index (χ0) is 20.9. The van der Waals surface area contributed by atoms with Crippen molar-refractivity contribution in [1.82, 2.24) is 9.80 Å². The molecule has 1 aliphatic rings. The van der Waals surface area contributed by atoms with Crippen LogP contribution in [0.15, 0.2) is 48.5 Å². The number of nitrogens with zero attached hydrogens (tertiary/aromatic N) is 2. The Morgan fingerprint density at radius 2 is 1.52 bits per heavy atom. The summed E-state index contributed by atoms with van der Waals surface area (Å²) in [6.07, 6.45) is -0.486. The number of hydrogen-bond donors (Lipinski definition) is 1. The van der Waals surface area contributed by atoms with Crippen molar-refractivity contribution in [1.29, 1.82) is 0 Å². The molecule has 1 fully saturated rings. The molecule has 1 atom stereocenters. The van der Waals surface area contributed by atoms with Crippen LogP contribution in [-0.2, 0) is 12.0 Å². The maximum absolute atomic E-state index is 10.4. The van der Waals surface area contributed by atoms with Crippen LogP contribution in [0.1, 0.15) is 31.9 Å². The van der Waals surface area contributed by atoms with Gasteiger partial charge >= 0.3 is 0 Å². The zero-order valence-corrected chi connectivity index (χ0v) is 18.5. The van der Waals surface area contributed by atoms with Crippen molar-refractivity contribution < 1.29 is 9.84 Å². The molecule has 1 saturated heterocycles. The predicted molar refractivity (Wildman–Crippen MR) is 120 cm³/mol. The Bertz CT molecular complexity index is 748. The first kappa shape index (κ1) is 22.1. The van der Waals surface area contributed by atoms with Crippen molar-refractivity contribution in [2.75, 3.05) is 39.3 Å². The van der Waals surface area contributed by atoms with Crippen LogP contribution in [0.3, 0.4) is 0 Å². The minimum atomic E-state index is -0.486. The third-order valence-electron chi connectivity index (χ3n) is 5.42. The van der Waals surface area contributed by atoms with Gasteiger partial charge in [-0.1, -0.05) is 56.6 Å². The van der Waals surface area contributed by atoms with Crippen LogP contribution >= 0.6 is 11.6 Å². The van der Waals surface area contributed by atoms with E-state index >= 15 is 0 Å². The van der Waals surface area contributed by atoms with Gasteiger partial charge in [-0.2, -0.15) is 0 Å². The second kappa shape index (κ2) is 9.94. The second-order valence-electron chi connectivity index (χ2n) is 8.94. The number of piperazine rings is 1. The summed E-state index contributed by atoms with van der Waals surface area (Å²) in [5.74, 6) is 0.810. The molecule has 2 aromatic rings. The Labute approximate surface area is 180 Å². The molecule has 3 rings (SSSR count). The topological polar surface area (TPSA) is 35.9 Å². The fourth-order valence-electron chi connectivity index (χ4n) is 3.57. The largest absolute Gasteiger partial charge is 0.491 e. The molecule has 5 heteroatoms. The molecule has 0 amide bonds. The van der Waals surface area contributed by atoms with E-state index in [2.05, 4.69) is 54.8 Å². The molecule has 1 unspecified atom stereocenters.